The number of rotatable bonds is 13. The molecule has 1 aromatic heterocycles. The number of ether oxygens (including phenoxy) is 1. The Morgan fingerprint density at radius 3 is 2.45 bits per heavy atom. The highest BCUT2D eigenvalue weighted by atomic mass is 31.2. The normalized spacial score (nSPS) is 14.3. The predicted octanol–water partition coefficient (Wildman–Crippen LogP) is 5.12. The van der Waals surface area contributed by atoms with Crippen molar-refractivity contribution in [3.05, 3.63) is 35.8 Å². The SMILES string of the molecule is CCCCCCCCOc1ccc(-c2cnc([C@@](C)(N)COP(=O)(O)O)[nH]2)cc1C(F)(F)F. The third kappa shape index (κ3) is 8.75. The van der Waals surface area contributed by atoms with Gasteiger partial charge in [-0.1, -0.05) is 39.0 Å². The van der Waals surface area contributed by atoms with Crippen LogP contribution < -0.4 is 10.5 Å². The molecule has 0 bridgehead atoms. The van der Waals surface area contributed by atoms with E-state index in [0.29, 0.717) is 6.42 Å². The quantitative estimate of drug-likeness (QED) is 0.225. The van der Waals surface area contributed by atoms with Gasteiger partial charge in [0.25, 0.3) is 0 Å². The van der Waals surface area contributed by atoms with Crippen LogP contribution >= 0.6 is 7.82 Å². The van der Waals surface area contributed by atoms with E-state index in [2.05, 4.69) is 21.4 Å². The number of phosphoric acid groups is 1. The summed E-state index contributed by atoms with van der Waals surface area (Å²) >= 11 is 0. The van der Waals surface area contributed by atoms with Gasteiger partial charge in [0.1, 0.15) is 11.6 Å². The van der Waals surface area contributed by atoms with E-state index in [9.17, 15) is 17.7 Å². The number of aromatic nitrogens is 2. The number of unbranched alkanes of at least 4 members (excludes halogenated alkanes) is 5. The molecule has 0 amide bonds. The molecule has 12 heteroatoms. The zero-order chi connectivity index (χ0) is 24.7. The molecule has 33 heavy (non-hydrogen) atoms. The van der Waals surface area contributed by atoms with Gasteiger partial charge in [0.2, 0.25) is 0 Å². The number of hydrogen-bond acceptors (Lipinski definition) is 5. The lowest BCUT2D eigenvalue weighted by Crippen LogP contribution is -2.39. The van der Waals surface area contributed by atoms with Crippen molar-refractivity contribution in [2.75, 3.05) is 13.2 Å². The van der Waals surface area contributed by atoms with Crippen LogP contribution in [0.4, 0.5) is 13.2 Å². The maximum atomic E-state index is 13.6. The molecular formula is C21H31F3N3O5P. The van der Waals surface area contributed by atoms with Crippen molar-refractivity contribution in [2.45, 2.75) is 64.1 Å². The molecule has 2 rings (SSSR count). The highest BCUT2D eigenvalue weighted by Crippen LogP contribution is 2.40. The number of hydrogen-bond donors (Lipinski definition) is 4. The van der Waals surface area contributed by atoms with Gasteiger partial charge < -0.3 is 25.2 Å². The topological polar surface area (TPSA) is 131 Å². The average Bonchev–Trinajstić information content (AvgIpc) is 3.22. The van der Waals surface area contributed by atoms with E-state index in [-0.39, 0.29) is 29.4 Å². The minimum Gasteiger partial charge on any atom is -0.493 e. The summed E-state index contributed by atoms with van der Waals surface area (Å²) in [7, 11) is -4.74. The van der Waals surface area contributed by atoms with Gasteiger partial charge in [0.05, 0.1) is 36.2 Å². The van der Waals surface area contributed by atoms with Crippen LogP contribution in [0.15, 0.2) is 24.4 Å². The van der Waals surface area contributed by atoms with E-state index in [1.54, 1.807) is 0 Å². The molecule has 8 nitrogen and oxygen atoms in total. The summed E-state index contributed by atoms with van der Waals surface area (Å²) in [6.07, 6.45) is 2.68. The van der Waals surface area contributed by atoms with Crippen LogP contribution in [0.1, 0.15) is 63.8 Å². The third-order valence-electron chi connectivity index (χ3n) is 5.00. The molecule has 0 radical (unpaired) electrons. The molecule has 1 atom stereocenters. The number of aromatic amines is 1. The molecule has 186 valence electrons. The zero-order valence-electron chi connectivity index (χ0n) is 18.7. The highest BCUT2D eigenvalue weighted by molar-refractivity contribution is 7.46. The Bertz CT molecular complexity index is 943. The first-order valence-corrected chi connectivity index (χ1v) is 12.3. The Kier molecular flexibility index (Phi) is 9.51. The maximum Gasteiger partial charge on any atom is 0.469 e. The molecular weight excluding hydrogens is 462 g/mol. The second-order valence-electron chi connectivity index (χ2n) is 8.15. The molecule has 0 aliphatic heterocycles. The molecule has 0 spiro atoms. The number of nitrogens with two attached hydrogens (primary N) is 1. The van der Waals surface area contributed by atoms with Gasteiger partial charge in [-0.25, -0.2) is 9.55 Å². The van der Waals surface area contributed by atoms with Gasteiger partial charge in [-0.15, -0.1) is 0 Å². The summed E-state index contributed by atoms with van der Waals surface area (Å²) in [5.74, 6) is -0.138. The minimum absolute atomic E-state index is 0.0999. The molecule has 0 aliphatic rings. The second kappa shape index (κ2) is 11.5. The average molecular weight is 493 g/mol. The molecule has 0 aliphatic carbocycles. The summed E-state index contributed by atoms with van der Waals surface area (Å²) in [6, 6.07) is 3.71. The molecule has 2 aromatic rings. The van der Waals surface area contributed by atoms with Crippen LogP contribution in [0.5, 0.6) is 5.75 Å². The maximum absolute atomic E-state index is 13.6. The predicted molar refractivity (Wildman–Crippen MR) is 117 cm³/mol. The summed E-state index contributed by atoms with van der Waals surface area (Å²) in [6.45, 7) is 3.19. The van der Waals surface area contributed by atoms with Crippen LogP contribution in [0.2, 0.25) is 0 Å². The van der Waals surface area contributed by atoms with Crippen molar-refractivity contribution in [2.24, 2.45) is 5.73 Å². The van der Waals surface area contributed by atoms with E-state index in [1.165, 1.54) is 25.3 Å². The summed E-state index contributed by atoms with van der Waals surface area (Å²) in [5, 5.41) is 0. The van der Waals surface area contributed by atoms with Gasteiger partial charge in [-0.05, 0) is 31.5 Å². The number of alkyl halides is 3. The second-order valence-corrected chi connectivity index (χ2v) is 9.39. The first-order valence-electron chi connectivity index (χ1n) is 10.7. The first kappa shape index (κ1) is 27.3. The van der Waals surface area contributed by atoms with Crippen molar-refractivity contribution in [1.29, 1.82) is 0 Å². The molecule has 0 saturated heterocycles. The molecule has 5 N–H and O–H groups in total. The number of phosphoric ester groups is 1. The molecule has 0 fully saturated rings. The molecule has 1 aromatic carbocycles. The van der Waals surface area contributed by atoms with Crippen LogP contribution in [0, 0.1) is 0 Å². The van der Waals surface area contributed by atoms with Crippen LogP contribution in [0.3, 0.4) is 0 Å². The fourth-order valence-corrected chi connectivity index (χ4v) is 3.59. The standard InChI is InChI=1S/C21H31F3N3O5P/c1-3-4-5-6-7-8-11-31-18-10-9-15(12-16(18)21(22,23)24)17-13-26-19(27-17)20(2,25)14-32-33(28,29)30/h9-10,12-13H,3-8,11,14,25H2,1-2H3,(H,26,27)(H2,28,29,30)/t20-/m0/s1. The van der Waals surface area contributed by atoms with Crippen molar-refractivity contribution in [3.63, 3.8) is 0 Å². The Morgan fingerprint density at radius 1 is 1.15 bits per heavy atom. The Balaban J connectivity index is 2.13. The number of halogens is 3. The smallest absolute Gasteiger partial charge is 0.469 e. The van der Waals surface area contributed by atoms with E-state index >= 15 is 0 Å². The lowest BCUT2D eigenvalue weighted by molar-refractivity contribution is -0.138. The molecule has 1 heterocycles. The fraction of sp³-hybridized carbons (Fsp3) is 0.571. The number of nitrogens with one attached hydrogen (secondary N) is 1. The van der Waals surface area contributed by atoms with Crippen molar-refractivity contribution >= 4 is 7.82 Å². The van der Waals surface area contributed by atoms with Crippen molar-refractivity contribution < 1.29 is 36.8 Å². The highest BCUT2D eigenvalue weighted by Gasteiger charge is 2.35. The monoisotopic (exact) mass is 493 g/mol. The van der Waals surface area contributed by atoms with Gasteiger partial charge in [-0.2, -0.15) is 13.2 Å². The molecule has 0 saturated carbocycles. The van der Waals surface area contributed by atoms with Crippen molar-refractivity contribution in [3.8, 4) is 17.0 Å². The van der Waals surface area contributed by atoms with E-state index in [1.807, 2.05) is 0 Å². The van der Waals surface area contributed by atoms with E-state index < -0.39 is 31.7 Å². The van der Waals surface area contributed by atoms with Crippen molar-refractivity contribution in [1.82, 2.24) is 9.97 Å². The third-order valence-corrected chi connectivity index (χ3v) is 5.47. The number of benzene rings is 1. The Labute approximate surface area is 190 Å². The van der Waals surface area contributed by atoms with E-state index in [4.69, 9.17) is 20.3 Å². The number of nitrogens with zero attached hydrogens (tertiary/aromatic N) is 1. The van der Waals surface area contributed by atoms with Gasteiger partial charge in [0, 0.05) is 5.56 Å². The van der Waals surface area contributed by atoms with Gasteiger partial charge >= 0.3 is 14.0 Å². The first-order chi connectivity index (χ1) is 15.3. The summed E-state index contributed by atoms with van der Waals surface area (Å²) < 4.78 is 61.7. The fourth-order valence-electron chi connectivity index (χ4n) is 3.15. The lowest BCUT2D eigenvalue weighted by Gasteiger charge is -2.22. The largest absolute Gasteiger partial charge is 0.493 e. The van der Waals surface area contributed by atoms with Crippen LogP contribution in [0.25, 0.3) is 11.3 Å². The lowest BCUT2D eigenvalue weighted by atomic mass is 10.1. The Hall–Kier alpha value is -1.91. The van der Waals surface area contributed by atoms with Gasteiger partial charge in [0.15, 0.2) is 0 Å². The van der Waals surface area contributed by atoms with Crippen LogP contribution in [-0.2, 0) is 20.8 Å². The zero-order valence-corrected chi connectivity index (χ0v) is 19.6. The summed E-state index contributed by atoms with van der Waals surface area (Å²) in [5.41, 5.74) is 4.16. The number of imidazole rings is 1. The number of H-pyrrole nitrogens is 1. The summed E-state index contributed by atoms with van der Waals surface area (Å²) in [4.78, 5) is 24.6. The Morgan fingerprint density at radius 2 is 1.82 bits per heavy atom. The van der Waals surface area contributed by atoms with Crippen LogP contribution in [-0.4, -0.2) is 33.0 Å². The van der Waals surface area contributed by atoms with E-state index in [0.717, 1.165) is 38.2 Å². The minimum atomic E-state index is -4.74. The molecule has 0 unspecified atom stereocenters. The van der Waals surface area contributed by atoms with Gasteiger partial charge in [-0.3, -0.25) is 4.52 Å².